The van der Waals surface area contributed by atoms with Crippen LogP contribution >= 0.6 is 11.8 Å². The number of rotatable bonds is 5. The number of hydrogen-bond acceptors (Lipinski definition) is 4. The number of amides is 1. The molecule has 0 aliphatic rings. The fraction of sp³-hybridized carbons (Fsp3) is 0.500. The van der Waals surface area contributed by atoms with E-state index in [2.05, 4.69) is 9.83 Å². The average Bonchev–Trinajstić information content (AvgIpc) is 2.44. The number of benzene rings is 1. The number of nitrogens with zero attached hydrogens (tertiary/aromatic N) is 1. The number of carbonyl (C=O) groups is 1. The fourth-order valence-corrected chi connectivity index (χ4v) is 1.82. The van der Waals surface area contributed by atoms with Gasteiger partial charge in [-0.2, -0.15) is 4.51 Å². The summed E-state index contributed by atoms with van der Waals surface area (Å²) < 4.78 is 27.8. The minimum Gasteiger partial charge on any atom is -0.488 e. The van der Waals surface area contributed by atoms with Crippen LogP contribution in [0.5, 0.6) is 5.75 Å². The fourth-order valence-electron chi connectivity index (χ4n) is 1.73. The maximum Gasteiger partial charge on any atom is 0.407 e. The maximum atomic E-state index is 13.4. The highest BCUT2D eigenvalue weighted by Crippen LogP contribution is 2.22. The van der Waals surface area contributed by atoms with Crippen LogP contribution in [0.3, 0.4) is 0 Å². The van der Waals surface area contributed by atoms with Crippen molar-refractivity contribution in [2.24, 2.45) is 4.51 Å². The van der Waals surface area contributed by atoms with Gasteiger partial charge in [-0.3, -0.25) is 0 Å². The van der Waals surface area contributed by atoms with Gasteiger partial charge < -0.3 is 14.8 Å². The van der Waals surface area contributed by atoms with Crippen LogP contribution in [0.2, 0.25) is 0 Å². The second kappa shape index (κ2) is 8.15. The molecule has 0 aliphatic carbocycles. The summed E-state index contributed by atoms with van der Waals surface area (Å²) in [5.41, 5.74) is 0.337. The van der Waals surface area contributed by atoms with Crippen LogP contribution in [0, 0.1) is 5.82 Å². The van der Waals surface area contributed by atoms with Gasteiger partial charge in [-0.25, -0.2) is 9.18 Å². The molecule has 0 spiro atoms. The van der Waals surface area contributed by atoms with E-state index in [1.165, 1.54) is 18.2 Å². The van der Waals surface area contributed by atoms with Crippen molar-refractivity contribution in [1.29, 1.82) is 0 Å². The van der Waals surface area contributed by atoms with Gasteiger partial charge in [0.2, 0.25) is 0 Å². The number of hydrogen-bond donors (Lipinski definition) is 1. The van der Waals surface area contributed by atoms with Gasteiger partial charge in [-0.15, -0.1) is 0 Å². The summed E-state index contributed by atoms with van der Waals surface area (Å²) in [6, 6.07) is 4.08. The first-order chi connectivity index (χ1) is 10.6. The minimum absolute atomic E-state index is 0.239. The minimum atomic E-state index is -0.563. The lowest BCUT2D eigenvalue weighted by Gasteiger charge is -2.21. The number of ether oxygens (including phenoxy) is 2. The molecular formula is C16H22ClFN2O3. The number of carbonyl (C=O) groups excluding carboxylic acids is 1. The van der Waals surface area contributed by atoms with Gasteiger partial charge >= 0.3 is 6.09 Å². The van der Waals surface area contributed by atoms with E-state index >= 15 is 0 Å². The van der Waals surface area contributed by atoms with Crippen molar-refractivity contribution in [3.05, 3.63) is 29.6 Å². The van der Waals surface area contributed by atoms with Gasteiger partial charge in [-0.1, -0.05) is 0 Å². The Morgan fingerprint density at radius 2 is 2.09 bits per heavy atom. The summed E-state index contributed by atoms with van der Waals surface area (Å²) in [6.07, 6.45) is -0.874. The second-order valence-electron chi connectivity index (χ2n) is 6.12. The lowest BCUT2D eigenvalue weighted by Crippen LogP contribution is -2.37. The van der Waals surface area contributed by atoms with E-state index in [0.717, 1.165) is 0 Å². The van der Waals surface area contributed by atoms with E-state index in [1.54, 1.807) is 34.6 Å². The Hall–Kier alpha value is -1.82. The van der Waals surface area contributed by atoms with Crippen LogP contribution in [0.15, 0.2) is 22.7 Å². The van der Waals surface area contributed by atoms with Gasteiger partial charge in [-0.05, 0) is 52.8 Å². The van der Waals surface area contributed by atoms with E-state index in [-0.39, 0.29) is 12.6 Å². The molecule has 0 fully saturated rings. The molecule has 128 valence electrons. The molecule has 0 heterocycles. The Labute approximate surface area is 140 Å². The Kier molecular flexibility index (Phi) is 6.81. The standard InChI is InChI=1S/C16H22ClFN2O3/c1-10(9-19-15(21)23-16(3,4)5)22-14-7-6-12(18)8-13(14)11(2)20-17/h6-8,10H,9H2,1-5H3,(H,19,21)/b20-11+/t10-/m0/s1. The third kappa shape index (κ3) is 6.86. The molecule has 0 unspecified atom stereocenters. The number of halogens is 2. The first kappa shape index (κ1) is 19.2. The number of alkyl carbamates (subject to hydrolysis) is 1. The molecule has 0 saturated carbocycles. The molecule has 5 nitrogen and oxygen atoms in total. The van der Waals surface area contributed by atoms with Gasteiger partial charge in [0, 0.05) is 17.3 Å². The molecule has 7 heteroatoms. The molecular weight excluding hydrogens is 323 g/mol. The summed E-state index contributed by atoms with van der Waals surface area (Å²) in [5, 5.41) is 2.62. The van der Waals surface area contributed by atoms with Crippen LogP contribution in [0.4, 0.5) is 9.18 Å². The zero-order valence-corrected chi connectivity index (χ0v) is 14.7. The van der Waals surface area contributed by atoms with Crippen molar-refractivity contribution in [3.8, 4) is 5.75 Å². The predicted octanol–water partition coefficient (Wildman–Crippen LogP) is 4.08. The average molecular weight is 345 g/mol. The molecule has 1 aromatic rings. The second-order valence-corrected chi connectivity index (χ2v) is 6.29. The van der Waals surface area contributed by atoms with Crippen molar-refractivity contribution >= 4 is 23.6 Å². The molecule has 0 bridgehead atoms. The highest BCUT2D eigenvalue weighted by molar-refractivity contribution is 6.22. The molecule has 1 N–H and O–H groups in total. The highest BCUT2D eigenvalue weighted by Gasteiger charge is 2.17. The monoisotopic (exact) mass is 344 g/mol. The highest BCUT2D eigenvalue weighted by atomic mass is 35.5. The third-order valence-corrected chi connectivity index (χ3v) is 2.97. The molecule has 0 saturated heterocycles. The number of nitrogens with one attached hydrogen (secondary N) is 1. The summed E-state index contributed by atoms with van der Waals surface area (Å²) in [6.45, 7) is 9.02. The van der Waals surface area contributed by atoms with Crippen LogP contribution in [0.1, 0.15) is 40.2 Å². The quantitative estimate of drug-likeness (QED) is 0.819. The van der Waals surface area contributed by atoms with Crippen LogP contribution in [-0.2, 0) is 4.74 Å². The molecule has 0 aromatic heterocycles. The van der Waals surface area contributed by atoms with E-state index in [1.807, 2.05) is 0 Å². The Balaban J connectivity index is 2.68. The topological polar surface area (TPSA) is 59.9 Å². The van der Waals surface area contributed by atoms with Gasteiger partial charge in [0.15, 0.2) is 0 Å². The van der Waals surface area contributed by atoms with Crippen molar-refractivity contribution < 1.29 is 18.7 Å². The van der Waals surface area contributed by atoms with E-state index < -0.39 is 17.5 Å². The van der Waals surface area contributed by atoms with Crippen LogP contribution < -0.4 is 10.1 Å². The van der Waals surface area contributed by atoms with E-state index in [9.17, 15) is 9.18 Å². The van der Waals surface area contributed by atoms with Crippen molar-refractivity contribution in [2.45, 2.75) is 46.3 Å². The lowest BCUT2D eigenvalue weighted by atomic mass is 10.1. The SMILES string of the molecule is C/C(=N\Cl)c1cc(F)ccc1O[C@@H](C)CNC(=O)OC(C)(C)C. The van der Waals surface area contributed by atoms with Gasteiger partial charge in [0.1, 0.15) is 23.3 Å². The molecule has 0 aliphatic heterocycles. The molecule has 0 radical (unpaired) electrons. The van der Waals surface area contributed by atoms with Crippen molar-refractivity contribution in [3.63, 3.8) is 0 Å². The van der Waals surface area contributed by atoms with Gasteiger partial charge in [0.25, 0.3) is 0 Å². The smallest absolute Gasteiger partial charge is 0.407 e. The molecule has 1 amide bonds. The normalized spacial score (nSPS) is 13.4. The zero-order chi connectivity index (χ0) is 17.6. The molecule has 1 aromatic carbocycles. The van der Waals surface area contributed by atoms with Crippen LogP contribution in [0.25, 0.3) is 0 Å². The predicted molar refractivity (Wildman–Crippen MR) is 88.8 cm³/mol. The lowest BCUT2D eigenvalue weighted by molar-refractivity contribution is 0.0505. The Bertz CT molecular complexity index is 585. The first-order valence-corrected chi connectivity index (χ1v) is 7.55. The Morgan fingerprint density at radius 1 is 1.43 bits per heavy atom. The van der Waals surface area contributed by atoms with Crippen molar-refractivity contribution in [2.75, 3.05) is 6.54 Å². The largest absolute Gasteiger partial charge is 0.488 e. The maximum absolute atomic E-state index is 13.4. The summed E-state index contributed by atoms with van der Waals surface area (Å²) >= 11 is 5.45. The zero-order valence-electron chi connectivity index (χ0n) is 13.9. The van der Waals surface area contributed by atoms with Crippen molar-refractivity contribution in [1.82, 2.24) is 5.32 Å². The molecule has 1 atom stereocenters. The van der Waals surface area contributed by atoms with E-state index in [0.29, 0.717) is 17.0 Å². The Morgan fingerprint density at radius 3 is 2.65 bits per heavy atom. The van der Waals surface area contributed by atoms with Crippen LogP contribution in [-0.4, -0.2) is 30.1 Å². The first-order valence-electron chi connectivity index (χ1n) is 7.21. The molecule has 23 heavy (non-hydrogen) atoms. The summed E-state index contributed by atoms with van der Waals surface area (Å²) in [4.78, 5) is 11.6. The molecule has 1 rings (SSSR count). The third-order valence-electron chi connectivity index (χ3n) is 2.72. The van der Waals surface area contributed by atoms with E-state index in [4.69, 9.17) is 21.3 Å². The summed E-state index contributed by atoms with van der Waals surface area (Å²) in [5.74, 6) is 0.0262. The van der Waals surface area contributed by atoms with Gasteiger partial charge in [0.05, 0.1) is 12.3 Å². The summed E-state index contributed by atoms with van der Waals surface area (Å²) in [7, 11) is 0.